The first-order valence-electron chi connectivity index (χ1n) is 14.4. The molecule has 7 rings (SSSR count). The third-order valence-corrected chi connectivity index (χ3v) is 9.80. The fraction of sp³-hybridized carbons (Fsp3) is 0.147. The van der Waals surface area contributed by atoms with Crippen LogP contribution in [0.1, 0.15) is 35.5 Å². The molecule has 1 amide bonds. The number of ether oxygens (including phenoxy) is 1. The van der Waals surface area contributed by atoms with E-state index in [1.165, 1.54) is 33.4 Å². The SMILES string of the molecule is CCOc1cccc(C2C(=C(O)c3c(C)nc4ccccn34)C(=O)C(=O)N2c2nnc(SCc3cccc4ccccc34)s2)c1. The number of aryl methyl sites for hydroxylation is 1. The third kappa shape index (κ3) is 5.13. The van der Waals surface area contributed by atoms with Gasteiger partial charge in [-0.1, -0.05) is 83.8 Å². The minimum Gasteiger partial charge on any atom is -0.505 e. The van der Waals surface area contributed by atoms with Crippen molar-refractivity contribution in [1.29, 1.82) is 0 Å². The highest BCUT2D eigenvalue weighted by Crippen LogP contribution is 2.45. The van der Waals surface area contributed by atoms with Gasteiger partial charge >= 0.3 is 5.91 Å². The van der Waals surface area contributed by atoms with Crippen LogP contribution in [0.25, 0.3) is 22.2 Å². The van der Waals surface area contributed by atoms with Crippen LogP contribution in [-0.4, -0.2) is 43.0 Å². The first-order valence-corrected chi connectivity index (χ1v) is 16.2. The average Bonchev–Trinajstić information content (AvgIpc) is 3.73. The Kier molecular flexibility index (Phi) is 7.56. The van der Waals surface area contributed by atoms with Crippen LogP contribution in [0.3, 0.4) is 0 Å². The molecular weight excluding hydrogens is 607 g/mol. The molecule has 6 aromatic rings. The predicted molar refractivity (Wildman–Crippen MR) is 176 cm³/mol. The summed E-state index contributed by atoms with van der Waals surface area (Å²) in [6.45, 7) is 4.08. The molecule has 4 heterocycles. The Morgan fingerprint density at radius 2 is 1.80 bits per heavy atom. The monoisotopic (exact) mass is 633 g/mol. The first kappa shape index (κ1) is 28.8. The van der Waals surface area contributed by atoms with Crippen molar-refractivity contribution in [3.63, 3.8) is 0 Å². The second-order valence-corrected chi connectivity index (χ2v) is 12.6. The smallest absolute Gasteiger partial charge is 0.301 e. The molecule has 1 atom stereocenters. The van der Waals surface area contributed by atoms with Crippen LogP contribution in [0, 0.1) is 6.92 Å². The van der Waals surface area contributed by atoms with Crippen LogP contribution in [0.5, 0.6) is 5.75 Å². The molecule has 11 heteroatoms. The number of imidazole rings is 1. The lowest BCUT2D eigenvalue weighted by Crippen LogP contribution is -2.29. The molecule has 45 heavy (non-hydrogen) atoms. The number of hydrogen-bond donors (Lipinski definition) is 1. The predicted octanol–water partition coefficient (Wildman–Crippen LogP) is 6.96. The molecular formula is C34H27N5O4S2. The number of thioether (sulfide) groups is 1. The van der Waals surface area contributed by atoms with Gasteiger partial charge in [-0.3, -0.25) is 18.9 Å². The topological polar surface area (TPSA) is 110 Å². The lowest BCUT2D eigenvalue weighted by atomic mass is 9.96. The third-order valence-electron chi connectivity index (χ3n) is 7.69. The number of aliphatic hydroxyl groups excluding tert-OH is 1. The van der Waals surface area contributed by atoms with Gasteiger partial charge in [0.15, 0.2) is 10.1 Å². The van der Waals surface area contributed by atoms with Gasteiger partial charge in [-0.15, -0.1) is 10.2 Å². The van der Waals surface area contributed by atoms with E-state index < -0.39 is 17.7 Å². The van der Waals surface area contributed by atoms with E-state index in [2.05, 4.69) is 39.4 Å². The van der Waals surface area contributed by atoms with Gasteiger partial charge in [-0.05, 0) is 60.0 Å². The Labute approximate surface area is 266 Å². The number of hydrogen-bond acceptors (Lipinski definition) is 9. The highest BCUT2D eigenvalue weighted by atomic mass is 32.2. The van der Waals surface area contributed by atoms with Crippen LogP contribution >= 0.6 is 23.1 Å². The molecule has 224 valence electrons. The summed E-state index contributed by atoms with van der Waals surface area (Å²) in [5.74, 6) is -0.687. The number of carbonyl (C=O) groups is 2. The lowest BCUT2D eigenvalue weighted by molar-refractivity contribution is -0.132. The van der Waals surface area contributed by atoms with E-state index in [1.54, 1.807) is 41.8 Å². The Morgan fingerprint density at radius 1 is 1.00 bits per heavy atom. The largest absolute Gasteiger partial charge is 0.505 e. The van der Waals surface area contributed by atoms with Gasteiger partial charge < -0.3 is 9.84 Å². The van der Waals surface area contributed by atoms with Crippen molar-refractivity contribution >= 4 is 62.1 Å². The Hall–Kier alpha value is -5.00. The number of aliphatic hydroxyl groups is 1. The van der Waals surface area contributed by atoms with Crippen molar-refractivity contribution < 1.29 is 19.4 Å². The van der Waals surface area contributed by atoms with Crippen molar-refractivity contribution in [2.45, 2.75) is 30.0 Å². The second kappa shape index (κ2) is 11.8. The van der Waals surface area contributed by atoms with Gasteiger partial charge in [-0.25, -0.2) is 4.98 Å². The van der Waals surface area contributed by atoms with Gasteiger partial charge in [0.2, 0.25) is 5.13 Å². The van der Waals surface area contributed by atoms with Gasteiger partial charge in [0.25, 0.3) is 5.78 Å². The number of nitrogens with zero attached hydrogens (tertiary/aromatic N) is 5. The summed E-state index contributed by atoms with van der Waals surface area (Å²) >= 11 is 2.74. The maximum atomic E-state index is 13.8. The molecule has 3 aromatic carbocycles. The van der Waals surface area contributed by atoms with Gasteiger partial charge in [-0.2, -0.15) is 0 Å². The summed E-state index contributed by atoms with van der Waals surface area (Å²) in [7, 11) is 0. The van der Waals surface area contributed by atoms with Crippen LogP contribution in [-0.2, 0) is 15.3 Å². The zero-order valence-corrected chi connectivity index (χ0v) is 26.0. The van der Waals surface area contributed by atoms with E-state index >= 15 is 0 Å². The average molecular weight is 634 g/mol. The van der Waals surface area contributed by atoms with Crippen LogP contribution in [0.15, 0.2) is 101 Å². The summed E-state index contributed by atoms with van der Waals surface area (Å²) in [6, 6.07) is 26.1. The van der Waals surface area contributed by atoms with Crippen molar-refractivity contribution in [3.8, 4) is 5.75 Å². The summed E-state index contributed by atoms with van der Waals surface area (Å²) in [4.78, 5) is 33.4. The van der Waals surface area contributed by atoms with Gasteiger partial charge in [0, 0.05) is 11.9 Å². The molecule has 0 radical (unpaired) electrons. The maximum Gasteiger partial charge on any atom is 0.301 e. The molecule has 1 aliphatic heterocycles. The lowest BCUT2D eigenvalue weighted by Gasteiger charge is -2.23. The number of Topliss-reactive ketones (excluding diaryl/α,β-unsaturated/α-hetero) is 1. The number of amides is 1. The van der Waals surface area contributed by atoms with Crippen LogP contribution in [0.4, 0.5) is 5.13 Å². The normalized spacial score (nSPS) is 16.2. The fourth-order valence-corrected chi connectivity index (χ4v) is 7.60. The second-order valence-electron chi connectivity index (χ2n) is 10.4. The number of anilines is 1. The zero-order valence-electron chi connectivity index (χ0n) is 24.4. The Bertz CT molecular complexity index is 2130. The molecule has 0 spiro atoms. The minimum atomic E-state index is -0.970. The standard InChI is InChI=1S/C34H27N5O4S2/c1-3-43-24-14-9-12-22(18-24)29-27(30(40)28-20(2)35-26-16-6-7-17-38(26)28)31(41)32(42)39(29)33-36-37-34(45-33)44-19-23-13-8-11-21-10-4-5-15-25(21)23/h4-18,29,40H,3,19H2,1-2H3. The van der Waals surface area contributed by atoms with E-state index in [4.69, 9.17) is 4.74 Å². The molecule has 9 nitrogen and oxygen atoms in total. The Morgan fingerprint density at radius 3 is 2.67 bits per heavy atom. The number of fused-ring (bicyclic) bond motifs is 2. The number of rotatable bonds is 8. The molecule has 1 aliphatic rings. The maximum absolute atomic E-state index is 13.8. The Balaban J connectivity index is 1.30. The van der Waals surface area contributed by atoms with Crippen molar-refractivity contribution in [2.24, 2.45) is 0 Å². The molecule has 0 aliphatic carbocycles. The van der Waals surface area contributed by atoms with Crippen LogP contribution < -0.4 is 9.64 Å². The van der Waals surface area contributed by atoms with E-state index in [9.17, 15) is 14.7 Å². The van der Waals surface area contributed by atoms with Crippen molar-refractivity contribution in [1.82, 2.24) is 19.6 Å². The molecule has 1 N–H and O–H groups in total. The number of pyridine rings is 1. The minimum absolute atomic E-state index is 0.0532. The van der Waals surface area contributed by atoms with E-state index in [0.717, 1.165) is 10.9 Å². The summed E-state index contributed by atoms with van der Waals surface area (Å²) in [6.07, 6.45) is 1.76. The number of carbonyl (C=O) groups excluding carboxylic acids is 2. The fourth-order valence-electron chi connectivity index (χ4n) is 5.73. The summed E-state index contributed by atoms with van der Waals surface area (Å²) in [5.41, 5.74) is 3.17. The number of benzene rings is 3. The highest BCUT2D eigenvalue weighted by Gasteiger charge is 2.49. The molecule has 1 saturated heterocycles. The molecule has 0 bridgehead atoms. The molecule has 3 aromatic heterocycles. The quantitative estimate of drug-likeness (QED) is 0.0630. The van der Waals surface area contributed by atoms with E-state index in [-0.39, 0.29) is 16.5 Å². The van der Waals surface area contributed by atoms with Gasteiger partial charge in [0.1, 0.15) is 17.1 Å². The number of ketones is 1. The van der Waals surface area contributed by atoms with E-state index in [1.807, 2.05) is 43.3 Å². The highest BCUT2D eigenvalue weighted by molar-refractivity contribution is 8.00. The molecule has 1 fully saturated rings. The summed E-state index contributed by atoms with van der Waals surface area (Å²) in [5, 5.41) is 23.1. The van der Waals surface area contributed by atoms with Crippen molar-refractivity contribution in [2.75, 3.05) is 11.5 Å². The molecule has 1 unspecified atom stereocenters. The zero-order chi connectivity index (χ0) is 31.1. The van der Waals surface area contributed by atoms with Crippen molar-refractivity contribution in [3.05, 3.63) is 119 Å². The molecule has 0 saturated carbocycles. The first-order chi connectivity index (χ1) is 21.9. The van der Waals surface area contributed by atoms with E-state index in [0.29, 0.717) is 45.0 Å². The van der Waals surface area contributed by atoms with Crippen LogP contribution in [0.2, 0.25) is 0 Å². The summed E-state index contributed by atoms with van der Waals surface area (Å²) < 4.78 is 8.10. The van der Waals surface area contributed by atoms with Gasteiger partial charge in [0.05, 0.1) is 23.9 Å². The number of aromatic nitrogens is 4.